The molecule has 2 aromatic carbocycles. The number of hydrogen-bond donors (Lipinski definition) is 0. The van der Waals surface area contributed by atoms with E-state index in [2.05, 4.69) is 24.0 Å². The minimum Gasteiger partial charge on any atom is -0.478 e. The Kier molecular flexibility index (Phi) is 3.62. The molecule has 0 amide bonds. The summed E-state index contributed by atoms with van der Waals surface area (Å²) in [5.74, 6) is 0.799. The fourth-order valence-corrected chi connectivity index (χ4v) is 3.30. The number of aryl methyl sites for hydroxylation is 1. The molecule has 0 saturated carbocycles. The lowest BCUT2D eigenvalue weighted by atomic mass is 10.0. The summed E-state index contributed by atoms with van der Waals surface area (Å²) in [5, 5.41) is 0.964. The molecule has 4 rings (SSSR count). The van der Waals surface area contributed by atoms with Crippen molar-refractivity contribution in [2.45, 2.75) is 26.4 Å². The van der Waals surface area contributed by atoms with Gasteiger partial charge in [0.05, 0.1) is 5.56 Å². The molecule has 0 spiro atoms. The fourth-order valence-electron chi connectivity index (χ4n) is 3.30. The average Bonchev–Trinajstić information content (AvgIpc) is 2.61. The molecule has 0 unspecified atom stereocenters. The second-order valence-corrected chi connectivity index (χ2v) is 6.27. The highest BCUT2D eigenvalue weighted by Crippen LogP contribution is 2.35. The lowest BCUT2D eigenvalue weighted by Gasteiger charge is -2.34. The van der Waals surface area contributed by atoms with Gasteiger partial charge in [-0.2, -0.15) is 0 Å². The minimum absolute atomic E-state index is 0.214. The summed E-state index contributed by atoms with van der Waals surface area (Å²) in [6.45, 7) is 5.30. The van der Waals surface area contributed by atoms with E-state index >= 15 is 0 Å². The van der Waals surface area contributed by atoms with Crippen molar-refractivity contribution in [3.05, 3.63) is 75.6 Å². The van der Waals surface area contributed by atoms with Crippen LogP contribution < -0.4 is 10.4 Å². The molecule has 1 aromatic heterocycles. The van der Waals surface area contributed by atoms with E-state index in [-0.39, 0.29) is 11.7 Å². The van der Waals surface area contributed by atoms with Crippen LogP contribution in [0.5, 0.6) is 5.75 Å². The number of fused-ring (bicyclic) bond motifs is 3. The zero-order valence-corrected chi connectivity index (χ0v) is 13.8. The lowest BCUT2D eigenvalue weighted by Crippen LogP contribution is -2.34. The third kappa shape index (κ3) is 2.49. The molecule has 0 aliphatic carbocycles. The summed E-state index contributed by atoms with van der Waals surface area (Å²) in [4.78, 5) is 14.0. The summed E-state index contributed by atoms with van der Waals surface area (Å²) in [5.41, 5.74) is 3.44. The van der Waals surface area contributed by atoms with E-state index < -0.39 is 0 Å². The van der Waals surface area contributed by atoms with Crippen LogP contribution in [-0.4, -0.2) is 11.6 Å². The molecule has 122 valence electrons. The zero-order chi connectivity index (χ0) is 16.7. The van der Waals surface area contributed by atoms with Crippen LogP contribution >= 0.6 is 0 Å². The molecular formula is C20H19NO3. The van der Waals surface area contributed by atoms with Gasteiger partial charge in [-0.3, -0.25) is 4.90 Å². The molecule has 0 N–H and O–H groups in total. The van der Waals surface area contributed by atoms with E-state index in [0.717, 1.165) is 22.3 Å². The summed E-state index contributed by atoms with van der Waals surface area (Å²) in [6, 6.07) is 16.0. The number of nitrogens with zero attached hydrogens (tertiary/aromatic N) is 1. The van der Waals surface area contributed by atoms with Gasteiger partial charge in [0.15, 0.2) is 0 Å². The Hall–Kier alpha value is -2.59. The van der Waals surface area contributed by atoms with E-state index in [1.165, 1.54) is 11.6 Å². The zero-order valence-electron chi connectivity index (χ0n) is 13.8. The van der Waals surface area contributed by atoms with Gasteiger partial charge in [-0.25, -0.2) is 4.79 Å². The van der Waals surface area contributed by atoms with Gasteiger partial charge in [0.1, 0.15) is 18.1 Å². The van der Waals surface area contributed by atoms with Crippen LogP contribution in [0.4, 0.5) is 0 Å². The second kappa shape index (κ2) is 5.80. The summed E-state index contributed by atoms with van der Waals surface area (Å²) >= 11 is 0. The third-order valence-corrected chi connectivity index (χ3v) is 4.76. The van der Waals surface area contributed by atoms with Gasteiger partial charge in [-0.05, 0) is 37.1 Å². The first-order valence-electron chi connectivity index (χ1n) is 8.11. The average molecular weight is 321 g/mol. The Bertz CT molecular complexity index is 946. The number of hydrogen-bond acceptors (Lipinski definition) is 4. The largest absolute Gasteiger partial charge is 0.478 e. The van der Waals surface area contributed by atoms with Crippen molar-refractivity contribution in [1.82, 2.24) is 4.90 Å². The van der Waals surface area contributed by atoms with Crippen molar-refractivity contribution in [1.29, 1.82) is 0 Å². The maximum absolute atomic E-state index is 11.8. The fraction of sp³-hybridized carbons (Fsp3) is 0.250. The van der Waals surface area contributed by atoms with E-state index in [1.807, 2.05) is 37.3 Å². The van der Waals surface area contributed by atoms with Crippen molar-refractivity contribution >= 4 is 11.0 Å². The first-order valence-corrected chi connectivity index (χ1v) is 8.11. The van der Waals surface area contributed by atoms with Crippen LogP contribution in [0, 0.1) is 6.92 Å². The van der Waals surface area contributed by atoms with Crippen LogP contribution in [-0.2, 0) is 6.54 Å². The first kappa shape index (κ1) is 15.0. The second-order valence-electron chi connectivity index (χ2n) is 6.27. The van der Waals surface area contributed by atoms with Gasteiger partial charge in [-0.1, -0.05) is 30.3 Å². The Morgan fingerprint density at radius 1 is 1.12 bits per heavy atom. The van der Waals surface area contributed by atoms with Gasteiger partial charge in [-0.15, -0.1) is 0 Å². The van der Waals surface area contributed by atoms with Crippen molar-refractivity contribution in [3.63, 3.8) is 0 Å². The van der Waals surface area contributed by atoms with Gasteiger partial charge in [0.25, 0.3) is 0 Å². The summed E-state index contributed by atoms with van der Waals surface area (Å²) in [6.07, 6.45) is 0. The molecule has 1 aliphatic rings. The van der Waals surface area contributed by atoms with Crippen LogP contribution in [0.2, 0.25) is 0 Å². The molecule has 24 heavy (non-hydrogen) atoms. The summed E-state index contributed by atoms with van der Waals surface area (Å²) in [7, 11) is 0. The molecule has 0 bridgehead atoms. The first-order chi connectivity index (χ1) is 11.6. The Labute approximate surface area is 140 Å². The molecule has 4 heteroatoms. The van der Waals surface area contributed by atoms with Crippen LogP contribution in [0.3, 0.4) is 0 Å². The van der Waals surface area contributed by atoms with E-state index in [4.69, 9.17) is 9.15 Å². The highest BCUT2D eigenvalue weighted by molar-refractivity contribution is 5.85. The number of benzene rings is 2. The Morgan fingerprint density at radius 3 is 2.71 bits per heavy atom. The predicted octanol–water partition coefficient (Wildman–Crippen LogP) is 4.01. The van der Waals surface area contributed by atoms with Crippen molar-refractivity contribution < 1.29 is 9.15 Å². The summed E-state index contributed by atoms with van der Waals surface area (Å²) < 4.78 is 11.4. The number of ether oxygens (including phenoxy) is 1. The van der Waals surface area contributed by atoms with E-state index in [1.54, 1.807) is 0 Å². The van der Waals surface area contributed by atoms with Crippen molar-refractivity contribution in [3.8, 4) is 5.75 Å². The smallest absolute Gasteiger partial charge is 0.336 e. The molecule has 1 atom stereocenters. The van der Waals surface area contributed by atoms with Crippen LogP contribution in [0.15, 0.2) is 57.7 Å². The van der Waals surface area contributed by atoms with Gasteiger partial charge in [0, 0.05) is 24.0 Å². The molecule has 3 aromatic rings. The normalized spacial score (nSPS) is 15.8. The van der Waals surface area contributed by atoms with Crippen molar-refractivity contribution in [2.24, 2.45) is 0 Å². The van der Waals surface area contributed by atoms with E-state index in [0.29, 0.717) is 18.9 Å². The lowest BCUT2D eigenvalue weighted by molar-refractivity contribution is 0.0620. The SMILES string of the molecule is Cc1cc(=O)oc2c3c(ccc12)OCN([C@@H](C)c1ccccc1)C3. The maximum atomic E-state index is 11.8. The molecule has 1 aliphatic heterocycles. The highest BCUT2D eigenvalue weighted by Gasteiger charge is 2.25. The Balaban J connectivity index is 1.76. The molecule has 0 fully saturated rings. The van der Waals surface area contributed by atoms with E-state index in [9.17, 15) is 4.79 Å². The predicted molar refractivity (Wildman–Crippen MR) is 93.1 cm³/mol. The molecule has 2 heterocycles. The van der Waals surface area contributed by atoms with Gasteiger partial charge in [0.2, 0.25) is 0 Å². The standard InChI is InChI=1S/C20H19NO3/c1-13-10-19(22)24-20-16(13)8-9-18-17(20)11-21(12-23-18)14(2)15-6-4-3-5-7-15/h3-10,14H,11-12H2,1-2H3/t14-/m0/s1. The van der Waals surface area contributed by atoms with Crippen LogP contribution in [0.1, 0.15) is 29.7 Å². The monoisotopic (exact) mass is 321 g/mol. The molecule has 4 nitrogen and oxygen atoms in total. The molecule has 0 saturated heterocycles. The highest BCUT2D eigenvalue weighted by atomic mass is 16.5. The van der Waals surface area contributed by atoms with Gasteiger partial charge < -0.3 is 9.15 Å². The molecule has 0 radical (unpaired) electrons. The van der Waals surface area contributed by atoms with Crippen LogP contribution in [0.25, 0.3) is 11.0 Å². The van der Waals surface area contributed by atoms with Crippen molar-refractivity contribution in [2.75, 3.05) is 6.73 Å². The molecular weight excluding hydrogens is 302 g/mol. The minimum atomic E-state index is -0.318. The quantitative estimate of drug-likeness (QED) is 0.669. The third-order valence-electron chi connectivity index (χ3n) is 4.76. The number of rotatable bonds is 2. The topological polar surface area (TPSA) is 42.7 Å². The van der Waals surface area contributed by atoms with Gasteiger partial charge >= 0.3 is 5.63 Å². The Morgan fingerprint density at radius 2 is 1.92 bits per heavy atom. The maximum Gasteiger partial charge on any atom is 0.336 e.